The van der Waals surface area contributed by atoms with Gasteiger partial charge in [-0.15, -0.1) is 0 Å². The Labute approximate surface area is 153 Å². The van der Waals surface area contributed by atoms with Gasteiger partial charge in [0.25, 0.3) is 0 Å². The molecule has 1 aliphatic rings. The molecule has 0 spiro atoms. The Balaban J connectivity index is 1.92. The number of fused-ring (bicyclic) bond motifs is 1. The van der Waals surface area contributed by atoms with Crippen LogP contribution >= 0.6 is 0 Å². The molecule has 2 unspecified atom stereocenters. The summed E-state index contributed by atoms with van der Waals surface area (Å²) < 4.78 is 0. The summed E-state index contributed by atoms with van der Waals surface area (Å²) in [5, 5.41) is 12.1. The second kappa shape index (κ2) is 6.93. The summed E-state index contributed by atoms with van der Waals surface area (Å²) in [5.41, 5.74) is 3.54. The summed E-state index contributed by atoms with van der Waals surface area (Å²) in [6.45, 7) is 2.89. The molecule has 1 N–H and O–H groups in total. The van der Waals surface area contributed by atoms with E-state index in [1.807, 2.05) is 6.07 Å². The lowest BCUT2D eigenvalue weighted by Crippen LogP contribution is -2.39. The van der Waals surface area contributed by atoms with Gasteiger partial charge >= 0.3 is 5.97 Å². The van der Waals surface area contributed by atoms with Crippen LogP contribution in [0.4, 0.5) is 0 Å². The van der Waals surface area contributed by atoms with Crippen molar-refractivity contribution >= 4 is 16.7 Å². The third kappa shape index (κ3) is 2.99. The summed E-state index contributed by atoms with van der Waals surface area (Å²) in [5.74, 6) is -0.722. The first kappa shape index (κ1) is 16.8. The summed E-state index contributed by atoms with van der Waals surface area (Å²) in [4.78, 5) is 14.0. The van der Waals surface area contributed by atoms with Gasteiger partial charge in [-0.05, 0) is 41.7 Å². The van der Waals surface area contributed by atoms with Gasteiger partial charge in [-0.2, -0.15) is 0 Å². The zero-order chi connectivity index (χ0) is 18.1. The minimum atomic E-state index is -0.722. The van der Waals surface area contributed by atoms with E-state index in [0.717, 1.165) is 18.5 Å². The standard InChI is InChI=1S/C23H23NO2/c1-16-7-4-10-18(15-16)22(24-14-6-13-21(24)23(25)26)20-12-5-9-17-8-2-3-11-19(17)20/h2-5,7-12,15,21-22H,6,13-14H2,1H3,(H,25,26). The van der Waals surface area contributed by atoms with Crippen molar-refractivity contribution in [3.63, 3.8) is 0 Å². The number of likely N-dealkylation sites (tertiary alicyclic amines) is 1. The first-order chi connectivity index (χ1) is 12.6. The zero-order valence-corrected chi connectivity index (χ0v) is 14.9. The highest BCUT2D eigenvalue weighted by Crippen LogP contribution is 2.38. The fourth-order valence-electron chi connectivity index (χ4n) is 4.24. The smallest absolute Gasteiger partial charge is 0.320 e. The first-order valence-electron chi connectivity index (χ1n) is 9.18. The molecular formula is C23H23NO2. The number of benzene rings is 3. The highest BCUT2D eigenvalue weighted by Gasteiger charge is 2.37. The number of carbonyl (C=O) groups is 1. The van der Waals surface area contributed by atoms with E-state index < -0.39 is 12.0 Å². The van der Waals surface area contributed by atoms with Crippen molar-refractivity contribution in [3.05, 3.63) is 83.4 Å². The molecule has 1 aliphatic heterocycles. The summed E-state index contributed by atoms with van der Waals surface area (Å²) in [6.07, 6.45) is 1.63. The van der Waals surface area contributed by atoms with Gasteiger partial charge in [0.2, 0.25) is 0 Å². The Bertz CT molecular complexity index is 944. The third-order valence-corrected chi connectivity index (χ3v) is 5.39. The van der Waals surface area contributed by atoms with E-state index in [9.17, 15) is 9.90 Å². The minimum Gasteiger partial charge on any atom is -0.480 e. The van der Waals surface area contributed by atoms with Crippen LogP contribution in [0.15, 0.2) is 66.7 Å². The maximum absolute atomic E-state index is 11.9. The molecule has 3 aromatic rings. The van der Waals surface area contributed by atoms with Gasteiger partial charge in [0.15, 0.2) is 0 Å². The fourth-order valence-corrected chi connectivity index (χ4v) is 4.24. The van der Waals surface area contributed by atoms with Crippen molar-refractivity contribution in [3.8, 4) is 0 Å². The molecule has 0 saturated carbocycles. The van der Waals surface area contributed by atoms with Crippen LogP contribution in [0.5, 0.6) is 0 Å². The first-order valence-corrected chi connectivity index (χ1v) is 9.18. The van der Waals surface area contributed by atoms with Crippen LogP contribution in [0.3, 0.4) is 0 Å². The second-order valence-electron chi connectivity index (χ2n) is 7.12. The van der Waals surface area contributed by atoms with Crippen molar-refractivity contribution in [1.29, 1.82) is 0 Å². The van der Waals surface area contributed by atoms with E-state index in [2.05, 4.69) is 72.5 Å². The quantitative estimate of drug-likeness (QED) is 0.739. The number of hydrogen-bond donors (Lipinski definition) is 1. The lowest BCUT2D eigenvalue weighted by Gasteiger charge is -2.33. The monoisotopic (exact) mass is 345 g/mol. The van der Waals surface area contributed by atoms with Crippen LogP contribution in [-0.2, 0) is 4.79 Å². The van der Waals surface area contributed by atoms with Crippen LogP contribution in [0.2, 0.25) is 0 Å². The molecule has 3 heteroatoms. The molecule has 0 aliphatic carbocycles. The van der Waals surface area contributed by atoms with Crippen molar-refractivity contribution in [1.82, 2.24) is 4.90 Å². The van der Waals surface area contributed by atoms with Crippen molar-refractivity contribution in [2.45, 2.75) is 31.8 Å². The van der Waals surface area contributed by atoms with Gasteiger partial charge in [0.05, 0.1) is 6.04 Å². The van der Waals surface area contributed by atoms with E-state index in [1.54, 1.807) is 0 Å². The largest absolute Gasteiger partial charge is 0.480 e. The molecule has 0 bridgehead atoms. The molecule has 4 rings (SSSR count). The number of carboxylic acid groups (broad SMARTS) is 1. The van der Waals surface area contributed by atoms with E-state index in [4.69, 9.17) is 0 Å². The van der Waals surface area contributed by atoms with Gasteiger partial charge in [0, 0.05) is 6.54 Å². The third-order valence-electron chi connectivity index (χ3n) is 5.39. The maximum atomic E-state index is 11.9. The predicted octanol–water partition coefficient (Wildman–Crippen LogP) is 4.79. The number of aliphatic carboxylic acids is 1. The molecule has 3 nitrogen and oxygen atoms in total. The van der Waals surface area contributed by atoms with Crippen molar-refractivity contribution in [2.24, 2.45) is 0 Å². The molecular weight excluding hydrogens is 322 g/mol. The Morgan fingerprint density at radius 2 is 1.85 bits per heavy atom. The van der Waals surface area contributed by atoms with Crippen LogP contribution in [0, 0.1) is 6.92 Å². The maximum Gasteiger partial charge on any atom is 0.320 e. The molecule has 1 heterocycles. The zero-order valence-electron chi connectivity index (χ0n) is 14.9. The lowest BCUT2D eigenvalue weighted by molar-refractivity contribution is -0.142. The lowest BCUT2D eigenvalue weighted by atomic mass is 9.91. The molecule has 0 aromatic heterocycles. The molecule has 26 heavy (non-hydrogen) atoms. The van der Waals surface area contributed by atoms with E-state index in [-0.39, 0.29) is 6.04 Å². The highest BCUT2D eigenvalue weighted by atomic mass is 16.4. The van der Waals surface area contributed by atoms with Gasteiger partial charge in [-0.1, -0.05) is 72.3 Å². The molecule has 0 radical (unpaired) electrons. The van der Waals surface area contributed by atoms with Gasteiger partial charge < -0.3 is 5.11 Å². The van der Waals surface area contributed by atoms with Crippen LogP contribution in [0.1, 0.15) is 35.6 Å². The van der Waals surface area contributed by atoms with Gasteiger partial charge in [-0.3, -0.25) is 9.69 Å². The Hall–Kier alpha value is -2.65. The summed E-state index contributed by atoms with van der Waals surface area (Å²) in [6, 6.07) is 22.7. The highest BCUT2D eigenvalue weighted by molar-refractivity contribution is 5.86. The molecule has 1 fully saturated rings. The summed E-state index contributed by atoms with van der Waals surface area (Å²) >= 11 is 0. The molecule has 132 valence electrons. The average Bonchev–Trinajstić information content (AvgIpc) is 3.12. The Kier molecular flexibility index (Phi) is 4.48. The number of nitrogens with zero attached hydrogens (tertiary/aromatic N) is 1. The normalized spacial score (nSPS) is 18.9. The van der Waals surface area contributed by atoms with Gasteiger partial charge in [-0.25, -0.2) is 0 Å². The second-order valence-corrected chi connectivity index (χ2v) is 7.12. The number of aryl methyl sites for hydroxylation is 1. The SMILES string of the molecule is Cc1cccc(C(c2cccc3ccccc23)N2CCCC2C(=O)O)c1. The molecule has 3 aromatic carbocycles. The van der Waals surface area contributed by atoms with E-state index >= 15 is 0 Å². The fraction of sp³-hybridized carbons (Fsp3) is 0.261. The van der Waals surface area contributed by atoms with Crippen molar-refractivity contribution in [2.75, 3.05) is 6.54 Å². The van der Waals surface area contributed by atoms with Crippen molar-refractivity contribution < 1.29 is 9.90 Å². The predicted molar refractivity (Wildman–Crippen MR) is 104 cm³/mol. The number of carboxylic acids is 1. The van der Waals surface area contributed by atoms with E-state index in [0.29, 0.717) is 6.42 Å². The topological polar surface area (TPSA) is 40.5 Å². The van der Waals surface area contributed by atoms with E-state index in [1.165, 1.54) is 21.9 Å². The molecule has 1 saturated heterocycles. The number of hydrogen-bond acceptors (Lipinski definition) is 2. The Morgan fingerprint density at radius 1 is 1.08 bits per heavy atom. The van der Waals surface area contributed by atoms with Crippen LogP contribution in [0.25, 0.3) is 10.8 Å². The molecule has 2 atom stereocenters. The van der Waals surface area contributed by atoms with Crippen LogP contribution in [-0.4, -0.2) is 28.6 Å². The number of rotatable bonds is 4. The minimum absolute atomic E-state index is 0.0513. The molecule has 0 amide bonds. The Morgan fingerprint density at radius 3 is 2.65 bits per heavy atom. The van der Waals surface area contributed by atoms with Gasteiger partial charge in [0.1, 0.15) is 6.04 Å². The average molecular weight is 345 g/mol. The van der Waals surface area contributed by atoms with Crippen LogP contribution < -0.4 is 0 Å². The summed E-state index contributed by atoms with van der Waals surface area (Å²) in [7, 11) is 0.